The Labute approximate surface area is 190 Å². The van der Waals surface area contributed by atoms with E-state index >= 15 is 0 Å². The maximum absolute atomic E-state index is 12.4. The first-order chi connectivity index (χ1) is 14.8. The van der Waals surface area contributed by atoms with Gasteiger partial charge in [0.1, 0.15) is 5.75 Å². The number of nitrogens with one attached hydrogen (secondary N) is 2. The van der Waals surface area contributed by atoms with E-state index in [2.05, 4.69) is 47.6 Å². The third kappa shape index (κ3) is 5.95. The molecule has 0 atom stereocenters. The average molecular weight is 481 g/mol. The zero-order valence-electron chi connectivity index (χ0n) is 17.7. The highest BCUT2D eigenvalue weighted by Crippen LogP contribution is 2.31. The Bertz CT molecular complexity index is 1080. The Kier molecular flexibility index (Phi) is 7.13. The second kappa shape index (κ2) is 9.79. The number of ether oxygens (including phenoxy) is 1. The van der Waals surface area contributed by atoms with Crippen molar-refractivity contribution in [3.63, 3.8) is 0 Å². The first kappa shape index (κ1) is 22.6. The van der Waals surface area contributed by atoms with E-state index in [9.17, 15) is 9.59 Å². The molecule has 0 aromatic heterocycles. The van der Waals surface area contributed by atoms with Crippen molar-refractivity contribution < 1.29 is 14.3 Å². The second-order valence-electron chi connectivity index (χ2n) is 8.10. The fourth-order valence-electron chi connectivity index (χ4n) is 3.09. The Morgan fingerprint density at radius 1 is 0.903 bits per heavy atom. The van der Waals surface area contributed by atoms with Gasteiger partial charge >= 0.3 is 0 Å². The third-order valence-electron chi connectivity index (χ3n) is 4.69. The molecule has 3 rings (SSSR count). The number of halogens is 1. The van der Waals surface area contributed by atoms with Gasteiger partial charge in [-0.25, -0.2) is 0 Å². The number of rotatable bonds is 5. The minimum Gasteiger partial charge on any atom is -0.483 e. The van der Waals surface area contributed by atoms with Gasteiger partial charge in [0.2, 0.25) is 0 Å². The highest BCUT2D eigenvalue weighted by atomic mass is 79.9. The molecule has 0 saturated carbocycles. The summed E-state index contributed by atoms with van der Waals surface area (Å²) in [6, 6.07) is 22.7. The summed E-state index contributed by atoms with van der Waals surface area (Å²) in [7, 11) is 0. The monoisotopic (exact) mass is 480 g/mol. The summed E-state index contributed by atoms with van der Waals surface area (Å²) in [5.74, 6) is -0.266. The molecular weight excluding hydrogens is 456 g/mol. The van der Waals surface area contributed by atoms with Crippen LogP contribution >= 0.6 is 15.9 Å². The SMILES string of the molecule is CC(C)(C)c1ccc(C(=O)NNC(=O)COc2ccccc2-c2ccccc2)cc1Br. The molecule has 0 fully saturated rings. The van der Waals surface area contributed by atoms with Crippen LogP contribution in [0.4, 0.5) is 0 Å². The summed E-state index contributed by atoms with van der Waals surface area (Å²) in [6.07, 6.45) is 0. The van der Waals surface area contributed by atoms with Gasteiger partial charge in [-0.05, 0) is 34.7 Å². The van der Waals surface area contributed by atoms with Crippen LogP contribution in [0.3, 0.4) is 0 Å². The molecule has 2 amide bonds. The van der Waals surface area contributed by atoms with Crippen LogP contribution in [-0.2, 0) is 10.2 Å². The molecule has 5 nitrogen and oxygen atoms in total. The van der Waals surface area contributed by atoms with Gasteiger partial charge in [0.25, 0.3) is 11.8 Å². The maximum Gasteiger partial charge on any atom is 0.276 e. The molecule has 0 heterocycles. The number of amides is 2. The predicted octanol–water partition coefficient (Wildman–Crippen LogP) is 5.25. The van der Waals surface area contributed by atoms with E-state index in [0.29, 0.717) is 11.3 Å². The largest absolute Gasteiger partial charge is 0.483 e. The second-order valence-corrected chi connectivity index (χ2v) is 8.95. The highest BCUT2D eigenvalue weighted by molar-refractivity contribution is 9.10. The van der Waals surface area contributed by atoms with Crippen molar-refractivity contribution in [2.24, 2.45) is 0 Å². The summed E-state index contributed by atoms with van der Waals surface area (Å²) in [5, 5.41) is 0. The van der Waals surface area contributed by atoms with Crippen molar-refractivity contribution in [1.82, 2.24) is 10.9 Å². The highest BCUT2D eigenvalue weighted by Gasteiger charge is 2.18. The van der Waals surface area contributed by atoms with Gasteiger partial charge in [0.15, 0.2) is 6.61 Å². The Balaban J connectivity index is 1.57. The molecule has 0 aliphatic rings. The van der Waals surface area contributed by atoms with Crippen molar-refractivity contribution >= 4 is 27.7 Å². The zero-order valence-corrected chi connectivity index (χ0v) is 19.3. The number of para-hydroxylation sites is 1. The molecular formula is C25H25BrN2O3. The summed E-state index contributed by atoms with van der Waals surface area (Å²) in [6.45, 7) is 6.08. The molecule has 0 radical (unpaired) electrons. The van der Waals surface area contributed by atoms with Crippen LogP contribution in [-0.4, -0.2) is 18.4 Å². The first-order valence-electron chi connectivity index (χ1n) is 9.92. The fourth-order valence-corrected chi connectivity index (χ4v) is 4.06. The maximum atomic E-state index is 12.4. The van der Waals surface area contributed by atoms with Crippen LogP contribution in [0.1, 0.15) is 36.7 Å². The zero-order chi connectivity index (χ0) is 22.4. The molecule has 2 N–H and O–H groups in total. The van der Waals surface area contributed by atoms with Crippen molar-refractivity contribution in [1.29, 1.82) is 0 Å². The minimum atomic E-state index is -0.457. The van der Waals surface area contributed by atoms with Crippen LogP contribution in [0.5, 0.6) is 5.75 Å². The number of hydrogen-bond acceptors (Lipinski definition) is 3. The molecule has 0 bridgehead atoms. The Morgan fingerprint density at radius 2 is 1.58 bits per heavy atom. The van der Waals surface area contributed by atoms with E-state index in [1.807, 2.05) is 60.7 Å². The van der Waals surface area contributed by atoms with Crippen molar-refractivity contribution in [3.8, 4) is 16.9 Å². The van der Waals surface area contributed by atoms with Crippen molar-refractivity contribution in [2.75, 3.05) is 6.61 Å². The first-order valence-corrected chi connectivity index (χ1v) is 10.7. The lowest BCUT2D eigenvalue weighted by Gasteiger charge is -2.21. The lowest BCUT2D eigenvalue weighted by atomic mass is 9.86. The smallest absolute Gasteiger partial charge is 0.276 e. The molecule has 160 valence electrons. The van der Waals surface area contributed by atoms with Crippen molar-refractivity contribution in [3.05, 3.63) is 88.4 Å². The average Bonchev–Trinajstić information content (AvgIpc) is 2.76. The summed E-state index contributed by atoms with van der Waals surface area (Å²) in [5.41, 5.74) is 8.20. The molecule has 31 heavy (non-hydrogen) atoms. The molecule has 0 spiro atoms. The topological polar surface area (TPSA) is 67.4 Å². The quantitative estimate of drug-likeness (QED) is 0.489. The van der Waals surface area contributed by atoms with Gasteiger partial charge in [0.05, 0.1) is 0 Å². The van der Waals surface area contributed by atoms with E-state index in [0.717, 1.165) is 21.2 Å². The van der Waals surface area contributed by atoms with Gasteiger partial charge in [0, 0.05) is 15.6 Å². The number of hydrogen-bond donors (Lipinski definition) is 2. The number of hydrazine groups is 1. The van der Waals surface area contributed by atoms with Crippen LogP contribution < -0.4 is 15.6 Å². The third-order valence-corrected chi connectivity index (χ3v) is 5.34. The summed E-state index contributed by atoms with van der Waals surface area (Å²) in [4.78, 5) is 24.6. The predicted molar refractivity (Wildman–Crippen MR) is 126 cm³/mol. The molecule has 0 unspecified atom stereocenters. The lowest BCUT2D eigenvalue weighted by molar-refractivity contribution is -0.123. The molecule has 0 aliphatic heterocycles. The van der Waals surface area contributed by atoms with Gasteiger partial charge < -0.3 is 4.74 Å². The van der Waals surface area contributed by atoms with Crippen LogP contribution in [0, 0.1) is 0 Å². The van der Waals surface area contributed by atoms with Gasteiger partial charge in [-0.2, -0.15) is 0 Å². The number of benzene rings is 3. The van der Waals surface area contributed by atoms with E-state index < -0.39 is 11.8 Å². The molecule has 0 aliphatic carbocycles. The van der Waals surface area contributed by atoms with E-state index in [1.54, 1.807) is 12.1 Å². The molecule has 3 aromatic carbocycles. The van der Waals surface area contributed by atoms with Gasteiger partial charge in [-0.1, -0.05) is 91.3 Å². The lowest BCUT2D eigenvalue weighted by Crippen LogP contribution is -2.43. The van der Waals surface area contributed by atoms with Crippen LogP contribution in [0.2, 0.25) is 0 Å². The van der Waals surface area contributed by atoms with Crippen molar-refractivity contribution in [2.45, 2.75) is 26.2 Å². The molecule has 3 aromatic rings. The van der Waals surface area contributed by atoms with E-state index in [1.165, 1.54) is 0 Å². The summed E-state index contributed by atoms with van der Waals surface area (Å²) < 4.78 is 6.54. The van der Waals surface area contributed by atoms with Crippen LogP contribution in [0.25, 0.3) is 11.1 Å². The molecule has 0 saturated heterocycles. The number of carbonyl (C=O) groups excluding carboxylic acids is 2. The number of carbonyl (C=O) groups is 2. The van der Waals surface area contributed by atoms with E-state index in [-0.39, 0.29) is 12.0 Å². The Hall–Kier alpha value is -3.12. The molecule has 6 heteroatoms. The summed E-state index contributed by atoms with van der Waals surface area (Å²) >= 11 is 3.52. The minimum absolute atomic E-state index is 0.0462. The van der Waals surface area contributed by atoms with Gasteiger partial charge in [-0.15, -0.1) is 0 Å². The van der Waals surface area contributed by atoms with Crippen LogP contribution in [0.15, 0.2) is 77.3 Å². The Morgan fingerprint density at radius 3 is 2.26 bits per heavy atom. The fraction of sp³-hybridized carbons (Fsp3) is 0.200. The van der Waals surface area contributed by atoms with Gasteiger partial charge in [-0.3, -0.25) is 20.4 Å². The standard InChI is InChI=1S/C25H25BrN2O3/c1-25(2,3)20-14-13-18(15-21(20)26)24(30)28-27-23(29)16-31-22-12-8-7-11-19(22)17-9-5-4-6-10-17/h4-15H,16H2,1-3H3,(H,27,29)(H,28,30). The normalized spacial score (nSPS) is 11.0. The van der Waals surface area contributed by atoms with E-state index in [4.69, 9.17) is 4.74 Å².